The van der Waals surface area contributed by atoms with Gasteiger partial charge in [0.2, 0.25) is 0 Å². The van der Waals surface area contributed by atoms with Crippen LogP contribution in [-0.2, 0) is 16.1 Å². The molecule has 1 aromatic carbocycles. The highest BCUT2D eigenvalue weighted by atomic mass is 32.2. The third kappa shape index (κ3) is 5.28. The van der Waals surface area contributed by atoms with Crippen LogP contribution < -0.4 is 10.6 Å². The third-order valence-corrected chi connectivity index (χ3v) is 6.31. The van der Waals surface area contributed by atoms with Crippen molar-refractivity contribution in [1.82, 2.24) is 30.4 Å². The minimum absolute atomic E-state index is 0.257. The summed E-state index contributed by atoms with van der Waals surface area (Å²) in [4.78, 5) is 29.1. The molecule has 2 aromatic heterocycles. The molecule has 176 valence electrons. The van der Waals surface area contributed by atoms with Crippen molar-refractivity contribution in [3.63, 3.8) is 0 Å². The second kappa shape index (κ2) is 11.0. The molecule has 4 rings (SSSR count). The Kier molecular flexibility index (Phi) is 7.58. The van der Waals surface area contributed by atoms with Crippen LogP contribution in [0.25, 0.3) is 11.4 Å². The number of carbonyl (C=O) groups excluding carboxylic acids is 2. The number of nitrogens with one attached hydrogen (secondary N) is 2. The number of pyridine rings is 1. The highest BCUT2D eigenvalue weighted by molar-refractivity contribution is 7.99. The van der Waals surface area contributed by atoms with Crippen LogP contribution in [0.3, 0.4) is 0 Å². The molecular weight excluding hydrogens is 452 g/mol. The highest BCUT2D eigenvalue weighted by Gasteiger charge is 2.31. The summed E-state index contributed by atoms with van der Waals surface area (Å²) in [5.74, 6) is 0.594. The number of amides is 2. The van der Waals surface area contributed by atoms with E-state index < -0.39 is 12.0 Å². The fourth-order valence-electron chi connectivity index (χ4n) is 3.72. The minimum Gasteiger partial charge on any atom is -0.463 e. The van der Waals surface area contributed by atoms with E-state index in [9.17, 15) is 9.59 Å². The molecule has 0 fully saturated rings. The van der Waals surface area contributed by atoms with Crippen LogP contribution in [0, 0.1) is 0 Å². The first-order valence-electron chi connectivity index (χ1n) is 11.1. The number of nitrogens with zero attached hydrogens (tertiary/aromatic N) is 4. The summed E-state index contributed by atoms with van der Waals surface area (Å²) in [7, 11) is 0. The van der Waals surface area contributed by atoms with E-state index >= 15 is 0 Å². The van der Waals surface area contributed by atoms with Crippen molar-refractivity contribution < 1.29 is 14.3 Å². The van der Waals surface area contributed by atoms with Crippen LogP contribution in [0.5, 0.6) is 0 Å². The molecule has 9 nitrogen and oxygen atoms in total. The number of esters is 1. The van der Waals surface area contributed by atoms with E-state index in [1.807, 2.05) is 54.0 Å². The van der Waals surface area contributed by atoms with Crippen molar-refractivity contribution in [2.24, 2.45) is 0 Å². The summed E-state index contributed by atoms with van der Waals surface area (Å²) in [5.41, 5.74) is 2.92. The van der Waals surface area contributed by atoms with Crippen LogP contribution in [0.1, 0.15) is 25.8 Å². The van der Waals surface area contributed by atoms with Crippen molar-refractivity contribution in [1.29, 1.82) is 0 Å². The van der Waals surface area contributed by atoms with Gasteiger partial charge in [-0.1, -0.05) is 49.0 Å². The molecule has 1 atom stereocenters. The van der Waals surface area contributed by atoms with Gasteiger partial charge in [-0.2, -0.15) is 0 Å². The standard InChI is InChI=1S/C24H26N6O3S/c1-3-18-20(22(31)33-4-2)19(27-23(32)26-18)15-34-24-29-28-21(17-11-8-12-25-13-17)30(24)14-16-9-6-5-7-10-16/h5-13,18H,3-4,14-15H2,1-2H3,(H2,26,27,32). The molecule has 0 spiro atoms. The lowest BCUT2D eigenvalue weighted by Crippen LogP contribution is -2.50. The van der Waals surface area contributed by atoms with Crippen molar-refractivity contribution in [3.8, 4) is 11.4 Å². The van der Waals surface area contributed by atoms with Crippen molar-refractivity contribution in [2.75, 3.05) is 12.4 Å². The van der Waals surface area contributed by atoms with Gasteiger partial charge in [-0.25, -0.2) is 9.59 Å². The lowest BCUT2D eigenvalue weighted by Gasteiger charge is -2.28. The molecule has 1 aliphatic rings. The molecule has 3 heterocycles. The molecular formula is C24H26N6O3S. The predicted octanol–water partition coefficient (Wildman–Crippen LogP) is 3.39. The number of benzene rings is 1. The first-order chi connectivity index (χ1) is 16.6. The maximum absolute atomic E-state index is 12.7. The Hall–Kier alpha value is -3.66. The average molecular weight is 479 g/mol. The molecule has 1 unspecified atom stereocenters. The smallest absolute Gasteiger partial charge is 0.337 e. The lowest BCUT2D eigenvalue weighted by molar-refractivity contribution is -0.139. The SMILES string of the molecule is CCOC(=O)C1=C(CSc2nnc(-c3cccnc3)n2Cc2ccccc2)NC(=O)NC1CC. The second-order valence-corrected chi connectivity index (χ2v) is 8.52. The van der Waals surface area contributed by atoms with Crippen LogP contribution in [-0.4, -0.2) is 50.2 Å². The third-order valence-electron chi connectivity index (χ3n) is 5.31. The zero-order chi connectivity index (χ0) is 23.9. The predicted molar refractivity (Wildman–Crippen MR) is 129 cm³/mol. The summed E-state index contributed by atoms with van der Waals surface area (Å²) in [6.45, 7) is 4.49. The van der Waals surface area contributed by atoms with Gasteiger partial charge >= 0.3 is 12.0 Å². The zero-order valence-electron chi connectivity index (χ0n) is 19.0. The normalized spacial score (nSPS) is 15.6. The van der Waals surface area contributed by atoms with Crippen LogP contribution in [0.4, 0.5) is 4.79 Å². The average Bonchev–Trinajstić information content (AvgIpc) is 3.25. The molecule has 0 bridgehead atoms. The summed E-state index contributed by atoms with van der Waals surface area (Å²) in [6, 6.07) is 13.1. The fraction of sp³-hybridized carbons (Fsp3) is 0.292. The highest BCUT2D eigenvalue weighted by Crippen LogP contribution is 2.28. The van der Waals surface area contributed by atoms with E-state index in [1.54, 1.807) is 19.3 Å². The Morgan fingerprint density at radius 3 is 2.68 bits per heavy atom. The molecule has 2 amide bonds. The van der Waals surface area contributed by atoms with Gasteiger partial charge in [0.15, 0.2) is 11.0 Å². The second-order valence-electron chi connectivity index (χ2n) is 7.58. The fourth-order valence-corrected chi connectivity index (χ4v) is 4.63. The summed E-state index contributed by atoms with van der Waals surface area (Å²) in [5, 5.41) is 15.1. The molecule has 2 N–H and O–H groups in total. The van der Waals surface area contributed by atoms with Gasteiger partial charge in [-0.15, -0.1) is 10.2 Å². The van der Waals surface area contributed by atoms with Crippen LogP contribution in [0.15, 0.2) is 71.3 Å². The Labute approximate surface area is 202 Å². The Balaban J connectivity index is 1.67. The largest absolute Gasteiger partial charge is 0.463 e. The molecule has 10 heteroatoms. The Bertz CT molecular complexity index is 1180. The van der Waals surface area contributed by atoms with Gasteiger partial charge in [-0.05, 0) is 31.0 Å². The van der Waals surface area contributed by atoms with E-state index in [4.69, 9.17) is 4.74 Å². The molecule has 1 aliphatic heterocycles. The van der Waals surface area contributed by atoms with Crippen molar-refractivity contribution in [2.45, 2.75) is 38.0 Å². The van der Waals surface area contributed by atoms with Gasteiger partial charge in [-0.3, -0.25) is 9.55 Å². The topological polar surface area (TPSA) is 111 Å². The Morgan fingerprint density at radius 2 is 1.97 bits per heavy atom. The number of rotatable bonds is 9. The summed E-state index contributed by atoms with van der Waals surface area (Å²) < 4.78 is 7.27. The van der Waals surface area contributed by atoms with E-state index in [2.05, 4.69) is 25.8 Å². The molecule has 0 aliphatic carbocycles. The van der Waals surface area contributed by atoms with Crippen molar-refractivity contribution >= 4 is 23.8 Å². The maximum Gasteiger partial charge on any atom is 0.337 e. The first kappa shape index (κ1) is 23.5. The minimum atomic E-state index is -0.431. The van der Waals surface area contributed by atoms with E-state index in [0.717, 1.165) is 11.1 Å². The van der Waals surface area contributed by atoms with Gasteiger partial charge < -0.3 is 15.4 Å². The van der Waals surface area contributed by atoms with Crippen LogP contribution in [0.2, 0.25) is 0 Å². The molecule has 0 radical (unpaired) electrons. The molecule has 3 aromatic rings. The molecule has 0 saturated heterocycles. The van der Waals surface area contributed by atoms with Gasteiger partial charge in [0.1, 0.15) is 0 Å². The summed E-state index contributed by atoms with van der Waals surface area (Å²) in [6.07, 6.45) is 4.04. The summed E-state index contributed by atoms with van der Waals surface area (Å²) >= 11 is 1.40. The lowest BCUT2D eigenvalue weighted by atomic mass is 10.0. The monoisotopic (exact) mass is 478 g/mol. The Morgan fingerprint density at radius 1 is 1.15 bits per heavy atom. The van der Waals surface area contributed by atoms with E-state index in [-0.39, 0.29) is 12.6 Å². The number of ether oxygens (including phenoxy) is 1. The number of carbonyl (C=O) groups is 2. The number of hydrogen-bond acceptors (Lipinski definition) is 7. The number of urea groups is 1. The van der Waals surface area contributed by atoms with Crippen molar-refractivity contribution in [3.05, 3.63) is 71.7 Å². The number of thioether (sulfide) groups is 1. The molecule has 34 heavy (non-hydrogen) atoms. The van der Waals surface area contributed by atoms with Gasteiger partial charge in [0, 0.05) is 29.4 Å². The van der Waals surface area contributed by atoms with E-state index in [1.165, 1.54) is 11.8 Å². The first-order valence-corrected chi connectivity index (χ1v) is 12.1. The van der Waals surface area contributed by atoms with Crippen LogP contribution >= 0.6 is 11.8 Å². The maximum atomic E-state index is 12.7. The number of aromatic nitrogens is 4. The number of hydrogen-bond donors (Lipinski definition) is 2. The van der Waals surface area contributed by atoms with Gasteiger partial charge in [0.05, 0.1) is 24.8 Å². The zero-order valence-corrected chi connectivity index (χ0v) is 19.8. The molecule has 0 saturated carbocycles. The quantitative estimate of drug-likeness (QED) is 0.358. The van der Waals surface area contributed by atoms with E-state index in [0.29, 0.717) is 41.0 Å². The van der Waals surface area contributed by atoms with Gasteiger partial charge in [0.25, 0.3) is 0 Å².